The quantitative estimate of drug-likeness (QED) is 0.751. The third-order valence-electron chi connectivity index (χ3n) is 2.96. The number of nitrogens with zero attached hydrogens (tertiary/aromatic N) is 2. The van der Waals surface area contributed by atoms with Crippen LogP contribution in [0.3, 0.4) is 0 Å². The summed E-state index contributed by atoms with van der Waals surface area (Å²) in [4.78, 5) is 4.06. The van der Waals surface area contributed by atoms with Crippen molar-refractivity contribution in [1.29, 1.82) is 0 Å². The summed E-state index contributed by atoms with van der Waals surface area (Å²) in [6, 6.07) is 0. The van der Waals surface area contributed by atoms with Crippen molar-refractivity contribution in [3.05, 3.63) is 18.2 Å². The molecular formula is C12H22N2O. The Morgan fingerprint density at radius 1 is 1.47 bits per heavy atom. The van der Waals surface area contributed by atoms with Gasteiger partial charge in [-0.25, -0.2) is 4.98 Å². The minimum Gasteiger partial charge on any atom is -0.390 e. The molecule has 1 aromatic heterocycles. The van der Waals surface area contributed by atoms with E-state index < -0.39 is 0 Å². The average Bonchev–Trinajstić information content (AvgIpc) is 2.71. The fourth-order valence-corrected chi connectivity index (χ4v) is 1.84. The summed E-state index contributed by atoms with van der Waals surface area (Å²) in [5.74, 6) is 0.712. The Hall–Kier alpha value is -0.830. The highest BCUT2D eigenvalue weighted by Gasteiger charge is 2.08. The fourth-order valence-electron chi connectivity index (χ4n) is 1.84. The van der Waals surface area contributed by atoms with Crippen LogP contribution in [0.2, 0.25) is 0 Å². The van der Waals surface area contributed by atoms with E-state index in [1.807, 2.05) is 6.33 Å². The SMILES string of the molecule is CCCCC(CC)Cn1cncc1CO. The zero-order valence-electron chi connectivity index (χ0n) is 9.82. The van der Waals surface area contributed by atoms with Gasteiger partial charge in [0, 0.05) is 6.54 Å². The van der Waals surface area contributed by atoms with Gasteiger partial charge < -0.3 is 9.67 Å². The van der Waals surface area contributed by atoms with E-state index in [0.29, 0.717) is 5.92 Å². The average molecular weight is 210 g/mol. The van der Waals surface area contributed by atoms with Crippen molar-refractivity contribution in [1.82, 2.24) is 9.55 Å². The van der Waals surface area contributed by atoms with E-state index in [9.17, 15) is 0 Å². The second-order valence-corrected chi connectivity index (χ2v) is 4.11. The minimum absolute atomic E-state index is 0.0875. The molecule has 1 aromatic rings. The molecule has 1 N–H and O–H groups in total. The van der Waals surface area contributed by atoms with E-state index in [-0.39, 0.29) is 6.61 Å². The molecule has 3 heteroatoms. The van der Waals surface area contributed by atoms with Gasteiger partial charge in [0.1, 0.15) is 0 Å². The molecule has 86 valence electrons. The number of hydrogen-bond acceptors (Lipinski definition) is 2. The third kappa shape index (κ3) is 3.67. The molecule has 0 aliphatic carbocycles. The van der Waals surface area contributed by atoms with Gasteiger partial charge in [-0.05, 0) is 12.3 Å². The van der Waals surface area contributed by atoms with Gasteiger partial charge in [0.15, 0.2) is 0 Å². The maximum absolute atomic E-state index is 9.11. The third-order valence-corrected chi connectivity index (χ3v) is 2.96. The Labute approximate surface area is 92.1 Å². The first-order chi connectivity index (χ1) is 7.31. The van der Waals surface area contributed by atoms with Crippen molar-refractivity contribution >= 4 is 0 Å². The van der Waals surface area contributed by atoms with Crippen LogP contribution in [0, 0.1) is 5.92 Å². The Kier molecular flexibility index (Phi) is 5.40. The zero-order valence-corrected chi connectivity index (χ0v) is 9.82. The van der Waals surface area contributed by atoms with E-state index in [0.717, 1.165) is 12.2 Å². The number of unbranched alkanes of at least 4 members (excludes halogenated alkanes) is 1. The van der Waals surface area contributed by atoms with Crippen LogP contribution in [0.15, 0.2) is 12.5 Å². The first kappa shape index (κ1) is 12.2. The van der Waals surface area contributed by atoms with Gasteiger partial charge >= 0.3 is 0 Å². The summed E-state index contributed by atoms with van der Waals surface area (Å²) in [6.07, 6.45) is 8.58. The summed E-state index contributed by atoms with van der Waals surface area (Å²) in [6.45, 7) is 5.54. The van der Waals surface area contributed by atoms with Gasteiger partial charge in [0.2, 0.25) is 0 Å². The van der Waals surface area contributed by atoms with Crippen LogP contribution in [0.25, 0.3) is 0 Å². The molecule has 1 rings (SSSR count). The lowest BCUT2D eigenvalue weighted by molar-refractivity contribution is 0.265. The lowest BCUT2D eigenvalue weighted by atomic mass is 9.99. The summed E-state index contributed by atoms with van der Waals surface area (Å²) in [5.41, 5.74) is 0.921. The first-order valence-corrected chi connectivity index (χ1v) is 5.91. The second kappa shape index (κ2) is 6.62. The summed E-state index contributed by atoms with van der Waals surface area (Å²) in [7, 11) is 0. The van der Waals surface area contributed by atoms with Crippen LogP contribution >= 0.6 is 0 Å². The summed E-state index contributed by atoms with van der Waals surface area (Å²) < 4.78 is 2.07. The van der Waals surface area contributed by atoms with Gasteiger partial charge in [0.05, 0.1) is 24.8 Å². The largest absolute Gasteiger partial charge is 0.390 e. The van der Waals surface area contributed by atoms with Crippen LogP contribution in [0.4, 0.5) is 0 Å². The van der Waals surface area contributed by atoms with Gasteiger partial charge in [-0.3, -0.25) is 0 Å². The number of aliphatic hydroxyl groups is 1. The molecule has 0 amide bonds. The molecule has 0 saturated carbocycles. The van der Waals surface area contributed by atoms with Gasteiger partial charge in [-0.15, -0.1) is 0 Å². The van der Waals surface area contributed by atoms with E-state index in [1.165, 1.54) is 25.7 Å². The maximum Gasteiger partial charge on any atom is 0.0948 e. The van der Waals surface area contributed by atoms with Crippen molar-refractivity contribution < 1.29 is 5.11 Å². The molecule has 0 aromatic carbocycles. The number of hydrogen-bond donors (Lipinski definition) is 1. The second-order valence-electron chi connectivity index (χ2n) is 4.11. The van der Waals surface area contributed by atoms with E-state index in [1.54, 1.807) is 6.20 Å². The molecule has 0 spiro atoms. The van der Waals surface area contributed by atoms with E-state index >= 15 is 0 Å². The smallest absolute Gasteiger partial charge is 0.0948 e. The topological polar surface area (TPSA) is 38.0 Å². The number of aromatic nitrogens is 2. The van der Waals surface area contributed by atoms with E-state index in [4.69, 9.17) is 5.11 Å². The Bertz CT molecular complexity index is 270. The summed E-state index contributed by atoms with van der Waals surface area (Å²) in [5, 5.41) is 9.11. The Morgan fingerprint density at radius 2 is 2.27 bits per heavy atom. The van der Waals surface area contributed by atoms with Crippen LogP contribution in [-0.4, -0.2) is 14.7 Å². The first-order valence-electron chi connectivity index (χ1n) is 5.91. The zero-order chi connectivity index (χ0) is 11.1. The van der Waals surface area contributed by atoms with Gasteiger partial charge in [-0.2, -0.15) is 0 Å². The number of imidazole rings is 1. The highest BCUT2D eigenvalue weighted by Crippen LogP contribution is 2.16. The van der Waals surface area contributed by atoms with Crippen molar-refractivity contribution in [3.8, 4) is 0 Å². The lowest BCUT2D eigenvalue weighted by Gasteiger charge is -2.16. The fraction of sp³-hybridized carbons (Fsp3) is 0.750. The molecule has 0 fully saturated rings. The standard InChI is InChI=1S/C12H22N2O/c1-3-5-6-11(4-2)8-14-10-13-7-12(14)9-15/h7,10-11,15H,3-6,8-9H2,1-2H3. The molecule has 0 radical (unpaired) electrons. The van der Waals surface area contributed by atoms with Gasteiger partial charge in [-0.1, -0.05) is 33.1 Å². The van der Waals surface area contributed by atoms with E-state index in [2.05, 4.69) is 23.4 Å². The molecule has 0 bridgehead atoms. The van der Waals surface area contributed by atoms with Crippen LogP contribution < -0.4 is 0 Å². The minimum atomic E-state index is 0.0875. The predicted octanol–water partition coefficient (Wildman–Crippen LogP) is 2.59. The molecule has 1 heterocycles. The molecule has 15 heavy (non-hydrogen) atoms. The molecule has 3 nitrogen and oxygen atoms in total. The Morgan fingerprint density at radius 3 is 2.87 bits per heavy atom. The normalized spacial score (nSPS) is 13.0. The monoisotopic (exact) mass is 210 g/mol. The van der Waals surface area contributed by atoms with Crippen molar-refractivity contribution in [2.75, 3.05) is 0 Å². The van der Waals surface area contributed by atoms with Crippen LogP contribution in [0.5, 0.6) is 0 Å². The number of aliphatic hydroxyl groups excluding tert-OH is 1. The Balaban J connectivity index is 2.50. The molecule has 1 atom stereocenters. The highest BCUT2D eigenvalue weighted by molar-refractivity contribution is 4.96. The molecular weight excluding hydrogens is 188 g/mol. The molecule has 0 aliphatic rings. The van der Waals surface area contributed by atoms with Crippen molar-refractivity contribution in [2.45, 2.75) is 52.7 Å². The number of rotatable bonds is 7. The van der Waals surface area contributed by atoms with Crippen molar-refractivity contribution in [3.63, 3.8) is 0 Å². The van der Waals surface area contributed by atoms with Crippen molar-refractivity contribution in [2.24, 2.45) is 5.92 Å². The predicted molar refractivity (Wildman–Crippen MR) is 61.5 cm³/mol. The molecule has 0 saturated heterocycles. The lowest BCUT2D eigenvalue weighted by Crippen LogP contribution is -2.11. The summed E-state index contributed by atoms with van der Waals surface area (Å²) >= 11 is 0. The molecule has 0 aliphatic heterocycles. The molecule has 1 unspecified atom stereocenters. The maximum atomic E-state index is 9.11. The van der Waals surface area contributed by atoms with Crippen LogP contribution in [0.1, 0.15) is 45.2 Å². The van der Waals surface area contributed by atoms with Crippen LogP contribution in [-0.2, 0) is 13.2 Å². The van der Waals surface area contributed by atoms with Gasteiger partial charge in [0.25, 0.3) is 0 Å². The highest BCUT2D eigenvalue weighted by atomic mass is 16.3.